The second-order valence-corrected chi connectivity index (χ2v) is 5.85. The summed E-state index contributed by atoms with van der Waals surface area (Å²) in [6.07, 6.45) is 7.39. The van der Waals surface area contributed by atoms with E-state index in [0.29, 0.717) is 6.01 Å². The fraction of sp³-hybridized carbons (Fsp3) is 0.0952. The van der Waals surface area contributed by atoms with Gasteiger partial charge in [0.15, 0.2) is 0 Å². The van der Waals surface area contributed by atoms with E-state index in [-0.39, 0.29) is 6.04 Å². The van der Waals surface area contributed by atoms with Gasteiger partial charge in [-0.3, -0.25) is 0 Å². The van der Waals surface area contributed by atoms with Crippen LogP contribution in [0.5, 0.6) is 6.01 Å². The topological polar surface area (TPSA) is 52.8 Å². The summed E-state index contributed by atoms with van der Waals surface area (Å²) in [4.78, 5) is 13.3. The molecule has 2 aromatic heterocycles. The number of ether oxygens (including phenoxy) is 1. The van der Waals surface area contributed by atoms with Gasteiger partial charge in [0.05, 0.1) is 25.2 Å². The van der Waals surface area contributed by atoms with Gasteiger partial charge in [0.25, 0.3) is 0 Å². The van der Waals surface area contributed by atoms with E-state index in [1.807, 2.05) is 67.3 Å². The Labute approximate surface area is 152 Å². The fourth-order valence-corrected chi connectivity index (χ4v) is 3.07. The minimum atomic E-state index is -0.0835. The molecule has 2 heterocycles. The van der Waals surface area contributed by atoms with Crippen molar-refractivity contribution in [2.24, 2.45) is 0 Å². The largest absolute Gasteiger partial charge is 0.467 e. The van der Waals surface area contributed by atoms with Gasteiger partial charge in [0.2, 0.25) is 0 Å². The van der Waals surface area contributed by atoms with Crippen molar-refractivity contribution in [1.82, 2.24) is 19.5 Å². The number of hydrogen-bond donors (Lipinski definition) is 0. The normalized spacial score (nSPS) is 11.9. The van der Waals surface area contributed by atoms with Gasteiger partial charge in [-0.25, -0.2) is 9.97 Å². The highest BCUT2D eigenvalue weighted by atomic mass is 16.5. The van der Waals surface area contributed by atoms with Crippen LogP contribution in [0, 0.1) is 0 Å². The highest BCUT2D eigenvalue weighted by Crippen LogP contribution is 2.33. The van der Waals surface area contributed by atoms with Gasteiger partial charge in [-0.2, -0.15) is 4.98 Å². The summed E-state index contributed by atoms with van der Waals surface area (Å²) in [6, 6.07) is 20.6. The van der Waals surface area contributed by atoms with E-state index < -0.39 is 0 Å². The summed E-state index contributed by atoms with van der Waals surface area (Å²) in [5.74, 6) is 0. The van der Waals surface area contributed by atoms with Crippen molar-refractivity contribution in [3.63, 3.8) is 0 Å². The minimum absolute atomic E-state index is 0.0835. The highest BCUT2D eigenvalue weighted by Gasteiger charge is 2.22. The summed E-state index contributed by atoms with van der Waals surface area (Å²) in [6.45, 7) is 0. The third-order valence-electron chi connectivity index (χ3n) is 4.26. The van der Waals surface area contributed by atoms with Crippen LogP contribution in [-0.2, 0) is 0 Å². The van der Waals surface area contributed by atoms with Gasteiger partial charge < -0.3 is 9.30 Å². The molecule has 0 saturated carbocycles. The fourth-order valence-electron chi connectivity index (χ4n) is 3.07. The van der Waals surface area contributed by atoms with E-state index in [1.165, 1.54) is 0 Å². The van der Waals surface area contributed by atoms with Gasteiger partial charge in [-0.1, -0.05) is 60.7 Å². The quantitative estimate of drug-likeness (QED) is 0.550. The molecule has 0 aliphatic heterocycles. The zero-order valence-electron chi connectivity index (χ0n) is 14.4. The molecule has 0 saturated heterocycles. The van der Waals surface area contributed by atoms with Crippen molar-refractivity contribution in [1.29, 1.82) is 0 Å². The first-order valence-corrected chi connectivity index (χ1v) is 8.35. The first kappa shape index (κ1) is 16.0. The summed E-state index contributed by atoms with van der Waals surface area (Å²) >= 11 is 0. The van der Waals surface area contributed by atoms with Crippen LogP contribution in [0.25, 0.3) is 11.3 Å². The average molecular weight is 342 g/mol. The van der Waals surface area contributed by atoms with Crippen LogP contribution in [-0.4, -0.2) is 26.6 Å². The molecule has 4 aromatic rings. The molecule has 0 spiro atoms. The van der Waals surface area contributed by atoms with Gasteiger partial charge in [0, 0.05) is 29.7 Å². The number of methoxy groups -OCH3 is 1. The number of imidazole rings is 1. The molecule has 0 amide bonds. The first-order valence-electron chi connectivity index (χ1n) is 8.35. The van der Waals surface area contributed by atoms with Crippen LogP contribution in [0.15, 0.2) is 85.6 Å². The van der Waals surface area contributed by atoms with Crippen molar-refractivity contribution < 1.29 is 4.74 Å². The van der Waals surface area contributed by atoms with Crippen molar-refractivity contribution in [2.45, 2.75) is 6.04 Å². The van der Waals surface area contributed by atoms with Crippen molar-refractivity contribution in [2.75, 3.05) is 7.11 Å². The summed E-state index contributed by atoms with van der Waals surface area (Å²) in [7, 11) is 1.58. The van der Waals surface area contributed by atoms with Crippen LogP contribution < -0.4 is 4.74 Å². The highest BCUT2D eigenvalue weighted by molar-refractivity contribution is 5.64. The summed E-state index contributed by atoms with van der Waals surface area (Å²) in [5.41, 5.74) is 3.99. The van der Waals surface area contributed by atoms with Crippen LogP contribution in [0.1, 0.15) is 17.2 Å². The molecular formula is C21H18N4O. The Morgan fingerprint density at radius 1 is 0.962 bits per heavy atom. The SMILES string of the molecule is COc1ncc(C(c2ccccc2)n2ccnc2)c(-c2ccccc2)n1. The standard InChI is InChI=1S/C21H18N4O/c1-26-21-23-14-18(19(24-21)16-8-4-2-5-9-16)20(25-13-12-22-15-25)17-10-6-3-7-11-17/h2-15,20H,1H3. The zero-order chi connectivity index (χ0) is 17.8. The molecule has 5 nitrogen and oxygen atoms in total. The van der Waals surface area contributed by atoms with E-state index >= 15 is 0 Å². The Hall–Kier alpha value is -3.47. The lowest BCUT2D eigenvalue weighted by Crippen LogP contribution is -2.13. The molecule has 1 atom stereocenters. The van der Waals surface area contributed by atoms with Gasteiger partial charge in [-0.05, 0) is 5.56 Å². The van der Waals surface area contributed by atoms with Crippen molar-refractivity contribution >= 4 is 0 Å². The molecule has 5 heteroatoms. The number of benzene rings is 2. The number of hydrogen-bond acceptors (Lipinski definition) is 4. The van der Waals surface area contributed by atoms with Gasteiger partial charge in [-0.15, -0.1) is 0 Å². The second kappa shape index (κ2) is 7.19. The number of rotatable bonds is 5. The van der Waals surface area contributed by atoms with E-state index in [9.17, 15) is 0 Å². The third-order valence-corrected chi connectivity index (χ3v) is 4.26. The van der Waals surface area contributed by atoms with Crippen LogP contribution >= 0.6 is 0 Å². The molecule has 128 valence electrons. The van der Waals surface area contributed by atoms with Gasteiger partial charge >= 0.3 is 6.01 Å². The smallest absolute Gasteiger partial charge is 0.316 e. The lowest BCUT2D eigenvalue weighted by molar-refractivity contribution is 0.379. The summed E-state index contributed by atoms with van der Waals surface area (Å²) < 4.78 is 7.33. The predicted molar refractivity (Wildman–Crippen MR) is 99.9 cm³/mol. The zero-order valence-corrected chi connectivity index (χ0v) is 14.4. The minimum Gasteiger partial charge on any atom is -0.467 e. The van der Waals surface area contributed by atoms with Crippen LogP contribution in [0.3, 0.4) is 0 Å². The lowest BCUT2D eigenvalue weighted by atomic mass is 9.95. The Morgan fingerprint density at radius 2 is 1.69 bits per heavy atom. The maximum Gasteiger partial charge on any atom is 0.316 e. The van der Waals surface area contributed by atoms with E-state index in [1.54, 1.807) is 13.3 Å². The third kappa shape index (κ3) is 3.07. The molecule has 2 aromatic carbocycles. The molecule has 1 unspecified atom stereocenters. The molecule has 0 radical (unpaired) electrons. The Balaban J connectivity index is 1.94. The average Bonchev–Trinajstić information content (AvgIpc) is 3.24. The molecular weight excluding hydrogens is 324 g/mol. The molecule has 4 rings (SSSR count). The number of nitrogens with zero attached hydrogens (tertiary/aromatic N) is 4. The maximum absolute atomic E-state index is 5.27. The Kier molecular flexibility index (Phi) is 4.43. The van der Waals surface area contributed by atoms with Crippen molar-refractivity contribution in [3.8, 4) is 17.3 Å². The van der Waals surface area contributed by atoms with Crippen LogP contribution in [0.4, 0.5) is 0 Å². The molecule has 0 aliphatic carbocycles. The van der Waals surface area contributed by atoms with Crippen LogP contribution in [0.2, 0.25) is 0 Å². The monoisotopic (exact) mass is 342 g/mol. The molecule has 0 aliphatic rings. The number of aromatic nitrogens is 4. The summed E-state index contributed by atoms with van der Waals surface area (Å²) in [5, 5.41) is 0. The molecule has 26 heavy (non-hydrogen) atoms. The molecule has 0 bridgehead atoms. The van der Waals surface area contributed by atoms with E-state index in [0.717, 1.165) is 22.4 Å². The second-order valence-electron chi connectivity index (χ2n) is 5.85. The van der Waals surface area contributed by atoms with Gasteiger partial charge in [0.1, 0.15) is 0 Å². The Bertz CT molecular complexity index is 970. The Morgan fingerprint density at radius 3 is 2.35 bits per heavy atom. The van der Waals surface area contributed by atoms with E-state index in [4.69, 9.17) is 4.74 Å². The lowest BCUT2D eigenvalue weighted by Gasteiger charge is -2.22. The maximum atomic E-state index is 5.27. The van der Waals surface area contributed by atoms with E-state index in [2.05, 4.69) is 31.7 Å². The molecule has 0 fully saturated rings. The predicted octanol–water partition coefficient (Wildman–Crippen LogP) is 3.99. The molecule has 0 N–H and O–H groups in total. The first-order chi connectivity index (χ1) is 12.9. The van der Waals surface area contributed by atoms with Crippen molar-refractivity contribution in [3.05, 3.63) is 96.7 Å².